The lowest BCUT2D eigenvalue weighted by Gasteiger charge is -2.11. The van der Waals surface area contributed by atoms with E-state index in [0.29, 0.717) is 23.1 Å². The maximum absolute atomic E-state index is 12.4. The highest BCUT2D eigenvalue weighted by Gasteiger charge is 2.16. The molecule has 0 saturated carbocycles. The maximum Gasteiger partial charge on any atom is 0.306 e. The smallest absolute Gasteiger partial charge is 0.306 e. The first kappa shape index (κ1) is 20.8. The van der Waals surface area contributed by atoms with E-state index < -0.39 is 0 Å². The van der Waals surface area contributed by atoms with Crippen LogP contribution in [0.15, 0.2) is 47.3 Å². The van der Waals surface area contributed by atoms with Crippen LogP contribution >= 0.6 is 0 Å². The standard InChI is InChI=1S/C25H23N5O3/c1-14-7-6-9-19-23(14)27-21(28-25(19)32)13-33-22(31)12-11-17-15(2)26-24-18-8-4-5-10-20(18)29-30(24)16(17)3/h4-10H,11-13H2,1-3H3,(H,27,28,32). The lowest BCUT2D eigenvalue weighted by Crippen LogP contribution is -2.15. The average molecular weight is 441 g/mol. The number of benzene rings is 2. The lowest BCUT2D eigenvalue weighted by atomic mass is 10.1. The van der Waals surface area contributed by atoms with E-state index in [0.717, 1.165) is 39.1 Å². The summed E-state index contributed by atoms with van der Waals surface area (Å²) >= 11 is 0. The fraction of sp³-hybridized carbons (Fsp3) is 0.240. The Morgan fingerprint density at radius 3 is 2.67 bits per heavy atom. The van der Waals surface area contributed by atoms with Gasteiger partial charge in [-0.3, -0.25) is 9.59 Å². The molecule has 5 rings (SSSR count). The Morgan fingerprint density at radius 2 is 1.82 bits per heavy atom. The molecule has 0 bridgehead atoms. The zero-order valence-electron chi connectivity index (χ0n) is 18.7. The molecule has 5 aromatic rings. The summed E-state index contributed by atoms with van der Waals surface area (Å²) in [6, 6.07) is 13.3. The van der Waals surface area contributed by atoms with Gasteiger partial charge < -0.3 is 9.72 Å². The minimum absolute atomic E-state index is 0.0852. The third-order valence-electron chi connectivity index (χ3n) is 5.95. The van der Waals surface area contributed by atoms with Gasteiger partial charge >= 0.3 is 5.97 Å². The number of aromatic amines is 1. The van der Waals surface area contributed by atoms with Gasteiger partial charge in [0, 0.05) is 23.2 Å². The number of carbonyl (C=O) groups excluding carboxylic acids is 1. The van der Waals surface area contributed by atoms with Crippen LogP contribution in [-0.2, 0) is 22.6 Å². The first-order valence-electron chi connectivity index (χ1n) is 10.8. The summed E-state index contributed by atoms with van der Waals surface area (Å²) in [5.41, 5.74) is 5.76. The molecule has 166 valence electrons. The second kappa shape index (κ2) is 8.12. The molecule has 1 N–H and O–H groups in total. The van der Waals surface area contributed by atoms with E-state index in [4.69, 9.17) is 9.72 Å². The highest BCUT2D eigenvalue weighted by atomic mass is 16.5. The molecule has 3 aromatic heterocycles. The molecule has 0 spiro atoms. The molecule has 8 nitrogen and oxygen atoms in total. The number of H-pyrrole nitrogens is 1. The van der Waals surface area contributed by atoms with Crippen LogP contribution in [-0.4, -0.2) is 30.5 Å². The van der Waals surface area contributed by atoms with Crippen molar-refractivity contribution in [1.29, 1.82) is 0 Å². The number of hydrogen-bond acceptors (Lipinski definition) is 6. The molecular weight excluding hydrogens is 418 g/mol. The molecule has 0 saturated heterocycles. The van der Waals surface area contributed by atoms with Crippen molar-refractivity contribution in [2.75, 3.05) is 0 Å². The number of ether oxygens (including phenoxy) is 1. The van der Waals surface area contributed by atoms with Crippen LogP contribution in [0.3, 0.4) is 0 Å². The number of hydrogen-bond donors (Lipinski definition) is 1. The van der Waals surface area contributed by atoms with Gasteiger partial charge in [0.1, 0.15) is 12.4 Å². The lowest BCUT2D eigenvalue weighted by molar-refractivity contribution is -0.145. The minimum atomic E-state index is -0.368. The summed E-state index contributed by atoms with van der Waals surface area (Å²) in [6.07, 6.45) is 0.670. The molecule has 0 aliphatic carbocycles. The molecule has 8 heteroatoms. The van der Waals surface area contributed by atoms with E-state index in [1.165, 1.54) is 0 Å². The number of esters is 1. The van der Waals surface area contributed by atoms with E-state index in [1.54, 1.807) is 6.07 Å². The van der Waals surface area contributed by atoms with E-state index in [9.17, 15) is 9.59 Å². The molecule has 3 heterocycles. The third-order valence-corrected chi connectivity index (χ3v) is 5.95. The van der Waals surface area contributed by atoms with Gasteiger partial charge in [-0.05, 0) is 56.5 Å². The molecule has 0 aliphatic heterocycles. The van der Waals surface area contributed by atoms with E-state index in [1.807, 2.05) is 61.7 Å². The maximum atomic E-state index is 12.4. The average Bonchev–Trinajstić information content (AvgIpc) is 3.17. The van der Waals surface area contributed by atoms with Gasteiger partial charge in [0.05, 0.1) is 16.4 Å². The Bertz CT molecular complexity index is 1600. The van der Waals surface area contributed by atoms with Crippen LogP contribution in [0, 0.1) is 20.8 Å². The second-order valence-corrected chi connectivity index (χ2v) is 8.16. The van der Waals surface area contributed by atoms with Crippen LogP contribution < -0.4 is 5.56 Å². The van der Waals surface area contributed by atoms with Gasteiger partial charge in [-0.1, -0.05) is 24.3 Å². The Kier molecular flexibility index (Phi) is 5.12. The molecule has 0 unspecified atom stereocenters. The fourth-order valence-corrected chi connectivity index (χ4v) is 4.21. The van der Waals surface area contributed by atoms with E-state index in [-0.39, 0.29) is 24.6 Å². The largest absolute Gasteiger partial charge is 0.458 e. The SMILES string of the molecule is Cc1nc2c3ccccc3nn2c(C)c1CCC(=O)OCc1nc2c(C)cccc2c(=O)[nH]1. The van der Waals surface area contributed by atoms with Gasteiger partial charge in [-0.15, -0.1) is 0 Å². The van der Waals surface area contributed by atoms with Crippen molar-refractivity contribution in [3.05, 3.63) is 81.2 Å². The Labute approximate surface area is 189 Å². The number of carbonyl (C=O) groups is 1. The van der Waals surface area contributed by atoms with Crippen molar-refractivity contribution in [3.63, 3.8) is 0 Å². The summed E-state index contributed by atoms with van der Waals surface area (Å²) < 4.78 is 7.23. The molecule has 0 amide bonds. The molecule has 0 aliphatic rings. The number of para-hydroxylation sites is 1. The summed E-state index contributed by atoms with van der Waals surface area (Å²) in [4.78, 5) is 36.6. The van der Waals surface area contributed by atoms with Gasteiger partial charge in [0.15, 0.2) is 5.65 Å². The van der Waals surface area contributed by atoms with Crippen molar-refractivity contribution in [2.24, 2.45) is 0 Å². The minimum Gasteiger partial charge on any atom is -0.458 e. The predicted molar refractivity (Wildman–Crippen MR) is 125 cm³/mol. The summed E-state index contributed by atoms with van der Waals surface area (Å²) in [6.45, 7) is 5.74. The van der Waals surface area contributed by atoms with E-state index >= 15 is 0 Å². The third kappa shape index (κ3) is 3.73. The number of aromatic nitrogens is 5. The van der Waals surface area contributed by atoms with Gasteiger partial charge in [0.25, 0.3) is 5.56 Å². The first-order valence-corrected chi connectivity index (χ1v) is 10.8. The first-order chi connectivity index (χ1) is 15.9. The second-order valence-electron chi connectivity index (χ2n) is 8.16. The topological polar surface area (TPSA) is 102 Å². The zero-order chi connectivity index (χ0) is 23.1. The highest BCUT2D eigenvalue weighted by Crippen LogP contribution is 2.23. The Balaban J connectivity index is 1.31. The van der Waals surface area contributed by atoms with E-state index in [2.05, 4.69) is 15.1 Å². The molecule has 33 heavy (non-hydrogen) atoms. The molecular formula is C25H23N5O3. The van der Waals surface area contributed by atoms with Crippen LogP contribution in [0.4, 0.5) is 0 Å². The zero-order valence-corrected chi connectivity index (χ0v) is 18.7. The number of nitrogens with one attached hydrogen (secondary N) is 1. The summed E-state index contributed by atoms with van der Waals surface area (Å²) in [5, 5.41) is 6.18. The van der Waals surface area contributed by atoms with Crippen molar-refractivity contribution in [1.82, 2.24) is 24.6 Å². The Morgan fingerprint density at radius 1 is 1.03 bits per heavy atom. The molecule has 2 aromatic carbocycles. The molecule has 0 atom stereocenters. The van der Waals surface area contributed by atoms with Crippen LogP contribution in [0.2, 0.25) is 0 Å². The molecule has 0 fully saturated rings. The Hall–Kier alpha value is -4.07. The van der Waals surface area contributed by atoms with Gasteiger partial charge in [-0.2, -0.15) is 5.10 Å². The van der Waals surface area contributed by atoms with Gasteiger partial charge in [-0.25, -0.2) is 14.5 Å². The normalized spacial score (nSPS) is 11.5. The van der Waals surface area contributed by atoms with Crippen molar-refractivity contribution >= 4 is 33.4 Å². The number of aryl methyl sites for hydroxylation is 3. The van der Waals surface area contributed by atoms with Crippen LogP contribution in [0.1, 0.15) is 34.8 Å². The summed E-state index contributed by atoms with van der Waals surface area (Å²) in [7, 11) is 0. The molecule has 0 radical (unpaired) electrons. The number of fused-ring (bicyclic) bond motifs is 4. The highest BCUT2D eigenvalue weighted by molar-refractivity contribution is 5.92. The van der Waals surface area contributed by atoms with Crippen LogP contribution in [0.5, 0.6) is 0 Å². The van der Waals surface area contributed by atoms with Gasteiger partial charge in [0.2, 0.25) is 0 Å². The predicted octanol–water partition coefficient (Wildman–Crippen LogP) is 3.72. The van der Waals surface area contributed by atoms with Crippen molar-refractivity contribution in [3.8, 4) is 0 Å². The van der Waals surface area contributed by atoms with Crippen molar-refractivity contribution in [2.45, 2.75) is 40.2 Å². The quantitative estimate of drug-likeness (QED) is 0.417. The fourth-order valence-electron chi connectivity index (χ4n) is 4.21. The van der Waals surface area contributed by atoms with Crippen molar-refractivity contribution < 1.29 is 9.53 Å². The summed E-state index contributed by atoms with van der Waals surface area (Å²) in [5.74, 6) is -0.0409. The monoisotopic (exact) mass is 441 g/mol. The number of rotatable bonds is 5. The number of nitrogens with zero attached hydrogens (tertiary/aromatic N) is 4. The van der Waals surface area contributed by atoms with Crippen LogP contribution in [0.25, 0.3) is 27.5 Å².